The molecule has 0 radical (unpaired) electrons. The summed E-state index contributed by atoms with van der Waals surface area (Å²) in [5.41, 5.74) is 1.12. The van der Waals surface area contributed by atoms with Crippen LogP contribution < -0.4 is 10.6 Å². The summed E-state index contributed by atoms with van der Waals surface area (Å²) < 4.78 is 24.6. The zero-order chi connectivity index (χ0) is 17.7. The Labute approximate surface area is 148 Å². The lowest BCUT2D eigenvalue weighted by atomic mass is 10.1. The first kappa shape index (κ1) is 19.1. The highest BCUT2D eigenvalue weighted by molar-refractivity contribution is 7.88. The van der Waals surface area contributed by atoms with Gasteiger partial charge in [-0.05, 0) is 18.3 Å². The van der Waals surface area contributed by atoms with Crippen molar-refractivity contribution in [2.24, 2.45) is 10.9 Å². The molecule has 0 bridgehead atoms. The summed E-state index contributed by atoms with van der Waals surface area (Å²) in [4.78, 5) is 8.80. The van der Waals surface area contributed by atoms with Gasteiger partial charge >= 0.3 is 0 Å². The van der Waals surface area contributed by atoms with Gasteiger partial charge < -0.3 is 10.6 Å². The number of hydrogen-bond acceptors (Lipinski definition) is 5. The summed E-state index contributed by atoms with van der Waals surface area (Å²) in [6.45, 7) is 6.79. The molecule has 136 valence electrons. The molecule has 0 spiro atoms. The molecule has 0 amide bonds. The molecule has 1 aliphatic rings. The maximum Gasteiger partial charge on any atom is 0.211 e. The Hall–Kier alpha value is -1.19. The molecule has 1 saturated heterocycles. The summed E-state index contributed by atoms with van der Waals surface area (Å²) >= 11 is 1.65. The predicted octanol–water partition coefficient (Wildman–Crippen LogP) is 1.21. The van der Waals surface area contributed by atoms with Crippen molar-refractivity contribution < 1.29 is 8.42 Å². The van der Waals surface area contributed by atoms with E-state index in [1.165, 1.54) is 6.26 Å². The Bertz CT molecular complexity index is 669. The van der Waals surface area contributed by atoms with Gasteiger partial charge in [-0.15, -0.1) is 11.3 Å². The second-order valence-corrected chi connectivity index (χ2v) is 9.33. The number of rotatable bonds is 6. The van der Waals surface area contributed by atoms with Crippen LogP contribution in [0.1, 0.15) is 36.9 Å². The quantitative estimate of drug-likeness (QED) is 0.578. The van der Waals surface area contributed by atoms with Crippen LogP contribution in [-0.4, -0.2) is 56.6 Å². The molecule has 2 N–H and O–H groups in total. The maximum absolute atomic E-state index is 11.5. The van der Waals surface area contributed by atoms with E-state index in [0.29, 0.717) is 44.0 Å². The lowest BCUT2D eigenvalue weighted by Crippen LogP contribution is -2.40. The van der Waals surface area contributed by atoms with Crippen LogP contribution in [0.3, 0.4) is 0 Å². The van der Waals surface area contributed by atoms with Crippen molar-refractivity contribution in [1.29, 1.82) is 0 Å². The molecule has 1 fully saturated rings. The van der Waals surface area contributed by atoms with Crippen molar-refractivity contribution in [1.82, 2.24) is 19.9 Å². The van der Waals surface area contributed by atoms with E-state index in [2.05, 4.69) is 39.8 Å². The smallest absolute Gasteiger partial charge is 0.211 e. The Morgan fingerprint density at radius 1 is 1.50 bits per heavy atom. The zero-order valence-corrected chi connectivity index (χ0v) is 16.4. The van der Waals surface area contributed by atoms with Gasteiger partial charge in [0.2, 0.25) is 10.0 Å². The number of hydrogen-bond donors (Lipinski definition) is 2. The van der Waals surface area contributed by atoms with Crippen LogP contribution in [0.4, 0.5) is 0 Å². The topological polar surface area (TPSA) is 86.7 Å². The molecular weight excluding hydrogens is 346 g/mol. The van der Waals surface area contributed by atoms with E-state index >= 15 is 0 Å². The highest BCUT2D eigenvalue weighted by Crippen LogP contribution is 2.18. The number of aromatic nitrogens is 1. The maximum atomic E-state index is 11.5. The zero-order valence-electron chi connectivity index (χ0n) is 14.7. The number of thiazole rings is 1. The van der Waals surface area contributed by atoms with Gasteiger partial charge in [0.25, 0.3) is 0 Å². The number of nitrogens with zero attached hydrogens (tertiary/aromatic N) is 3. The van der Waals surface area contributed by atoms with Gasteiger partial charge in [-0.25, -0.2) is 17.7 Å². The van der Waals surface area contributed by atoms with Gasteiger partial charge in [0, 0.05) is 32.1 Å². The van der Waals surface area contributed by atoms with Crippen LogP contribution in [0.25, 0.3) is 0 Å². The summed E-state index contributed by atoms with van der Waals surface area (Å²) in [5, 5.41) is 9.66. The van der Waals surface area contributed by atoms with E-state index in [9.17, 15) is 8.42 Å². The average molecular weight is 374 g/mol. The van der Waals surface area contributed by atoms with Crippen LogP contribution in [0.5, 0.6) is 0 Å². The molecule has 0 aliphatic carbocycles. The van der Waals surface area contributed by atoms with Gasteiger partial charge in [0.1, 0.15) is 5.01 Å². The molecular formula is C15H27N5O2S2. The summed E-state index contributed by atoms with van der Waals surface area (Å²) in [5.74, 6) is 1.47. The van der Waals surface area contributed by atoms with Gasteiger partial charge in [0.15, 0.2) is 5.96 Å². The molecule has 1 atom stereocenters. The van der Waals surface area contributed by atoms with Crippen molar-refractivity contribution in [3.63, 3.8) is 0 Å². The summed E-state index contributed by atoms with van der Waals surface area (Å²) in [6.07, 6.45) is 2.14. The monoisotopic (exact) mass is 373 g/mol. The second-order valence-electron chi connectivity index (χ2n) is 6.40. The van der Waals surface area contributed by atoms with Gasteiger partial charge in [-0.2, -0.15) is 0 Å². The van der Waals surface area contributed by atoms with Crippen molar-refractivity contribution in [3.05, 3.63) is 16.1 Å². The molecule has 1 unspecified atom stereocenters. The molecule has 2 heterocycles. The van der Waals surface area contributed by atoms with Crippen LogP contribution >= 0.6 is 11.3 Å². The normalized spacial score (nSPS) is 19.9. The molecule has 2 rings (SSSR count). The highest BCUT2D eigenvalue weighted by Gasteiger charge is 2.28. The first-order valence-electron chi connectivity index (χ1n) is 8.13. The van der Waals surface area contributed by atoms with Crippen molar-refractivity contribution in [2.45, 2.75) is 32.7 Å². The van der Waals surface area contributed by atoms with E-state index in [-0.39, 0.29) is 0 Å². The fraction of sp³-hybridized carbons (Fsp3) is 0.733. The van der Waals surface area contributed by atoms with Crippen LogP contribution in [0.2, 0.25) is 0 Å². The van der Waals surface area contributed by atoms with Gasteiger partial charge in [-0.3, -0.25) is 4.99 Å². The van der Waals surface area contributed by atoms with Gasteiger partial charge in [0.05, 0.1) is 18.5 Å². The molecule has 1 aromatic heterocycles. The minimum Gasteiger partial charge on any atom is -0.356 e. The van der Waals surface area contributed by atoms with Crippen LogP contribution in [0.15, 0.2) is 10.4 Å². The fourth-order valence-corrected chi connectivity index (χ4v) is 4.37. The third-order valence-corrected chi connectivity index (χ3v) is 6.20. The molecule has 7 nitrogen and oxygen atoms in total. The predicted molar refractivity (Wildman–Crippen MR) is 98.9 cm³/mol. The van der Waals surface area contributed by atoms with Crippen molar-refractivity contribution in [3.8, 4) is 0 Å². The second kappa shape index (κ2) is 8.26. The third-order valence-electron chi connectivity index (χ3n) is 4.07. The first-order chi connectivity index (χ1) is 11.3. The van der Waals surface area contributed by atoms with E-state index in [1.807, 2.05) is 0 Å². The lowest BCUT2D eigenvalue weighted by molar-refractivity contribution is 0.459. The SMILES string of the molecule is CN=C(NCc1nc(C(C)C)cs1)NCC1CCN(S(C)(=O)=O)C1. The number of nitrogens with one attached hydrogen (secondary N) is 2. The Morgan fingerprint density at radius 2 is 2.25 bits per heavy atom. The van der Waals surface area contributed by atoms with Crippen molar-refractivity contribution in [2.75, 3.05) is 32.9 Å². The Morgan fingerprint density at radius 3 is 2.79 bits per heavy atom. The van der Waals surface area contributed by atoms with Crippen molar-refractivity contribution >= 4 is 27.3 Å². The number of aliphatic imine (C=N–C) groups is 1. The molecule has 0 saturated carbocycles. The number of sulfonamides is 1. The van der Waals surface area contributed by atoms with E-state index in [4.69, 9.17) is 0 Å². The fourth-order valence-electron chi connectivity index (χ4n) is 2.56. The Kier molecular flexibility index (Phi) is 6.59. The Balaban J connectivity index is 1.77. The van der Waals surface area contributed by atoms with Gasteiger partial charge in [-0.1, -0.05) is 13.8 Å². The lowest BCUT2D eigenvalue weighted by Gasteiger charge is -2.16. The highest BCUT2D eigenvalue weighted by atomic mass is 32.2. The van der Waals surface area contributed by atoms with Crippen LogP contribution in [-0.2, 0) is 16.6 Å². The van der Waals surface area contributed by atoms with E-state index in [0.717, 1.165) is 17.1 Å². The third kappa shape index (κ3) is 5.42. The molecule has 1 aliphatic heterocycles. The molecule has 9 heteroatoms. The number of guanidine groups is 1. The molecule has 24 heavy (non-hydrogen) atoms. The molecule has 0 aromatic carbocycles. The largest absolute Gasteiger partial charge is 0.356 e. The molecule has 1 aromatic rings. The minimum absolute atomic E-state index is 0.311. The first-order valence-corrected chi connectivity index (χ1v) is 10.9. The summed E-state index contributed by atoms with van der Waals surface area (Å²) in [6, 6.07) is 0. The van der Waals surface area contributed by atoms with E-state index in [1.54, 1.807) is 22.7 Å². The standard InChI is InChI=1S/C15H27N5O2S2/c1-11(2)13-10-23-14(19-13)8-18-15(16-3)17-7-12-5-6-20(9-12)24(4,21)22/h10-12H,5-9H2,1-4H3,(H2,16,17,18). The average Bonchev–Trinajstić information content (AvgIpc) is 3.16. The minimum atomic E-state index is -3.08. The van der Waals surface area contributed by atoms with Crippen LogP contribution in [0, 0.1) is 5.92 Å². The van der Waals surface area contributed by atoms with E-state index < -0.39 is 10.0 Å². The summed E-state index contributed by atoms with van der Waals surface area (Å²) in [7, 11) is -1.35.